The van der Waals surface area contributed by atoms with Crippen LogP contribution in [0, 0.1) is 6.92 Å². The van der Waals surface area contributed by atoms with E-state index in [1.165, 1.54) is 30.5 Å². The zero-order valence-electron chi connectivity index (χ0n) is 10.3. The summed E-state index contributed by atoms with van der Waals surface area (Å²) in [5.41, 5.74) is 2.72. The van der Waals surface area contributed by atoms with Gasteiger partial charge in [-0.15, -0.1) is 0 Å². The predicted octanol–water partition coefficient (Wildman–Crippen LogP) is 2.86. The second-order valence-corrected chi connectivity index (χ2v) is 4.56. The van der Waals surface area contributed by atoms with E-state index in [9.17, 15) is 0 Å². The Hall–Kier alpha value is -1.02. The average molecular weight is 219 g/mol. The molecule has 1 atom stereocenters. The van der Waals surface area contributed by atoms with Crippen molar-refractivity contribution in [3.05, 3.63) is 29.3 Å². The van der Waals surface area contributed by atoms with Crippen LogP contribution in [-0.4, -0.2) is 19.7 Å². The molecule has 2 heteroatoms. The summed E-state index contributed by atoms with van der Waals surface area (Å²) in [7, 11) is 0. The van der Waals surface area contributed by atoms with Gasteiger partial charge in [-0.3, -0.25) is 0 Å². The number of aryl methyl sites for hydroxylation is 1. The highest BCUT2D eigenvalue weighted by Gasteiger charge is 2.15. The van der Waals surface area contributed by atoms with Crippen LogP contribution in [0.1, 0.15) is 36.8 Å². The number of benzene rings is 1. The second kappa shape index (κ2) is 5.35. The third-order valence-electron chi connectivity index (χ3n) is 3.15. The highest BCUT2D eigenvalue weighted by atomic mass is 16.5. The van der Waals surface area contributed by atoms with Crippen molar-refractivity contribution in [2.75, 3.05) is 19.7 Å². The van der Waals surface area contributed by atoms with Gasteiger partial charge in [-0.2, -0.15) is 0 Å². The van der Waals surface area contributed by atoms with Crippen molar-refractivity contribution in [2.24, 2.45) is 0 Å². The summed E-state index contributed by atoms with van der Waals surface area (Å²) in [5, 5.41) is 3.46. The molecule has 88 valence electrons. The summed E-state index contributed by atoms with van der Waals surface area (Å²) in [6.45, 7) is 7.19. The summed E-state index contributed by atoms with van der Waals surface area (Å²) in [6.07, 6.45) is 2.57. The van der Waals surface area contributed by atoms with Gasteiger partial charge in [0.1, 0.15) is 5.75 Å². The Balaban J connectivity index is 2.18. The largest absolute Gasteiger partial charge is 0.494 e. The van der Waals surface area contributed by atoms with Gasteiger partial charge >= 0.3 is 0 Å². The summed E-state index contributed by atoms with van der Waals surface area (Å²) in [5.74, 6) is 1.68. The molecule has 16 heavy (non-hydrogen) atoms. The van der Waals surface area contributed by atoms with Gasteiger partial charge in [0.15, 0.2) is 0 Å². The van der Waals surface area contributed by atoms with Crippen molar-refractivity contribution in [1.82, 2.24) is 5.32 Å². The molecule has 1 aromatic carbocycles. The molecule has 0 amide bonds. The molecular weight excluding hydrogens is 198 g/mol. The van der Waals surface area contributed by atoms with Gasteiger partial charge in [-0.05, 0) is 62.4 Å². The van der Waals surface area contributed by atoms with Crippen LogP contribution in [0.15, 0.2) is 18.2 Å². The Kier molecular flexibility index (Phi) is 3.83. The molecule has 1 aromatic rings. The Labute approximate surface area is 98.0 Å². The predicted molar refractivity (Wildman–Crippen MR) is 67.2 cm³/mol. The first-order chi connectivity index (χ1) is 7.79. The van der Waals surface area contributed by atoms with Crippen molar-refractivity contribution in [3.8, 4) is 5.75 Å². The minimum Gasteiger partial charge on any atom is -0.494 e. The standard InChI is InChI=1S/C14H21NO/c1-3-16-14-8-11(2)7-13(9-14)12-5-4-6-15-10-12/h7-9,12,15H,3-6,10H2,1-2H3. The summed E-state index contributed by atoms with van der Waals surface area (Å²) < 4.78 is 5.60. The molecule has 0 bridgehead atoms. The minimum absolute atomic E-state index is 0.660. The van der Waals surface area contributed by atoms with Crippen LogP contribution in [0.5, 0.6) is 5.75 Å². The maximum Gasteiger partial charge on any atom is 0.119 e. The number of hydrogen-bond acceptors (Lipinski definition) is 2. The Morgan fingerprint density at radius 3 is 2.94 bits per heavy atom. The monoisotopic (exact) mass is 219 g/mol. The SMILES string of the molecule is CCOc1cc(C)cc(C2CCCNC2)c1. The van der Waals surface area contributed by atoms with Gasteiger partial charge in [0.05, 0.1) is 6.61 Å². The van der Waals surface area contributed by atoms with E-state index in [-0.39, 0.29) is 0 Å². The van der Waals surface area contributed by atoms with Crippen molar-refractivity contribution in [2.45, 2.75) is 32.6 Å². The molecule has 0 saturated carbocycles. The van der Waals surface area contributed by atoms with Crippen LogP contribution >= 0.6 is 0 Å². The molecule has 0 spiro atoms. The molecule has 0 aliphatic carbocycles. The third kappa shape index (κ3) is 2.76. The lowest BCUT2D eigenvalue weighted by Crippen LogP contribution is -2.28. The number of ether oxygens (including phenoxy) is 1. The van der Waals surface area contributed by atoms with E-state index in [4.69, 9.17) is 4.74 Å². The normalized spacial score (nSPS) is 20.8. The molecule has 2 rings (SSSR count). The summed E-state index contributed by atoms with van der Waals surface area (Å²) in [4.78, 5) is 0. The summed E-state index contributed by atoms with van der Waals surface area (Å²) >= 11 is 0. The highest BCUT2D eigenvalue weighted by molar-refractivity contribution is 5.36. The smallest absolute Gasteiger partial charge is 0.119 e. The van der Waals surface area contributed by atoms with Crippen LogP contribution in [-0.2, 0) is 0 Å². The third-order valence-corrected chi connectivity index (χ3v) is 3.15. The second-order valence-electron chi connectivity index (χ2n) is 4.56. The van der Waals surface area contributed by atoms with Crippen LogP contribution in [0.25, 0.3) is 0 Å². The quantitative estimate of drug-likeness (QED) is 0.844. The fraction of sp³-hybridized carbons (Fsp3) is 0.571. The maximum absolute atomic E-state index is 5.60. The van der Waals surface area contributed by atoms with E-state index in [0.29, 0.717) is 5.92 Å². The Bertz CT molecular complexity index is 343. The zero-order chi connectivity index (χ0) is 11.4. The number of rotatable bonds is 3. The summed E-state index contributed by atoms with van der Waals surface area (Å²) in [6, 6.07) is 6.61. The molecular formula is C14H21NO. The molecule has 1 saturated heterocycles. The molecule has 1 unspecified atom stereocenters. The minimum atomic E-state index is 0.660. The fourth-order valence-corrected chi connectivity index (χ4v) is 2.40. The van der Waals surface area contributed by atoms with E-state index in [0.717, 1.165) is 18.9 Å². The first-order valence-corrected chi connectivity index (χ1v) is 6.24. The van der Waals surface area contributed by atoms with Crippen molar-refractivity contribution in [3.63, 3.8) is 0 Å². The first kappa shape index (κ1) is 11.5. The maximum atomic E-state index is 5.60. The van der Waals surface area contributed by atoms with E-state index >= 15 is 0 Å². The van der Waals surface area contributed by atoms with Crippen LogP contribution in [0.2, 0.25) is 0 Å². The van der Waals surface area contributed by atoms with Crippen LogP contribution in [0.3, 0.4) is 0 Å². The van der Waals surface area contributed by atoms with Gasteiger partial charge in [-0.1, -0.05) is 6.07 Å². The average Bonchev–Trinajstić information content (AvgIpc) is 2.30. The van der Waals surface area contributed by atoms with Crippen LogP contribution < -0.4 is 10.1 Å². The van der Waals surface area contributed by atoms with Gasteiger partial charge in [0, 0.05) is 6.54 Å². The molecule has 1 N–H and O–H groups in total. The zero-order valence-corrected chi connectivity index (χ0v) is 10.3. The van der Waals surface area contributed by atoms with E-state index in [2.05, 4.69) is 30.4 Å². The van der Waals surface area contributed by atoms with E-state index in [1.807, 2.05) is 6.92 Å². The molecule has 1 heterocycles. The van der Waals surface area contributed by atoms with Gasteiger partial charge in [-0.25, -0.2) is 0 Å². The van der Waals surface area contributed by atoms with Crippen LogP contribution in [0.4, 0.5) is 0 Å². The molecule has 1 aliphatic rings. The molecule has 1 aliphatic heterocycles. The first-order valence-electron chi connectivity index (χ1n) is 6.24. The molecule has 2 nitrogen and oxygen atoms in total. The number of piperidine rings is 1. The Morgan fingerprint density at radius 1 is 1.38 bits per heavy atom. The highest BCUT2D eigenvalue weighted by Crippen LogP contribution is 2.27. The fourth-order valence-electron chi connectivity index (χ4n) is 2.40. The Morgan fingerprint density at radius 2 is 2.25 bits per heavy atom. The van der Waals surface area contributed by atoms with Crippen molar-refractivity contribution >= 4 is 0 Å². The number of nitrogens with one attached hydrogen (secondary N) is 1. The number of hydrogen-bond donors (Lipinski definition) is 1. The topological polar surface area (TPSA) is 21.3 Å². The molecule has 1 fully saturated rings. The van der Waals surface area contributed by atoms with Crippen molar-refractivity contribution < 1.29 is 4.74 Å². The lowest BCUT2D eigenvalue weighted by atomic mass is 9.90. The van der Waals surface area contributed by atoms with E-state index < -0.39 is 0 Å². The lowest BCUT2D eigenvalue weighted by molar-refractivity contribution is 0.339. The van der Waals surface area contributed by atoms with Gasteiger partial charge in [0.25, 0.3) is 0 Å². The molecule has 0 radical (unpaired) electrons. The van der Waals surface area contributed by atoms with Gasteiger partial charge < -0.3 is 10.1 Å². The van der Waals surface area contributed by atoms with Gasteiger partial charge in [0.2, 0.25) is 0 Å². The lowest BCUT2D eigenvalue weighted by Gasteiger charge is -2.24. The van der Waals surface area contributed by atoms with Crippen molar-refractivity contribution in [1.29, 1.82) is 0 Å². The van der Waals surface area contributed by atoms with E-state index in [1.54, 1.807) is 0 Å². The molecule has 0 aromatic heterocycles.